The molecule has 3 rings (SSSR count). The molecule has 6 heteroatoms. The number of likely N-dealkylation sites (tertiary alicyclic amines) is 1. The predicted octanol–water partition coefficient (Wildman–Crippen LogP) is 2.34. The zero-order valence-corrected chi connectivity index (χ0v) is 16.1. The van der Waals surface area contributed by atoms with Gasteiger partial charge in [0.1, 0.15) is 5.82 Å². The maximum Gasteiger partial charge on any atom is 0.223 e. The van der Waals surface area contributed by atoms with Crippen molar-refractivity contribution in [3.8, 4) is 0 Å². The van der Waals surface area contributed by atoms with Gasteiger partial charge in [0.2, 0.25) is 5.91 Å². The van der Waals surface area contributed by atoms with E-state index in [1.165, 1.54) is 5.56 Å². The van der Waals surface area contributed by atoms with Gasteiger partial charge in [-0.3, -0.25) is 9.69 Å². The number of nitrogens with one attached hydrogen (secondary N) is 1. The van der Waals surface area contributed by atoms with Gasteiger partial charge in [0.25, 0.3) is 0 Å². The number of aromatic amines is 1. The number of aryl methyl sites for hydroxylation is 1. The lowest BCUT2D eigenvalue weighted by molar-refractivity contribution is -0.133. The SMILES string of the molecule is Cc1ncc(CN(CCO)C(=O)CC2CCN(Cc3ccccc3)CC2)[nH]1. The molecule has 27 heavy (non-hydrogen) atoms. The van der Waals surface area contributed by atoms with Crippen molar-refractivity contribution in [3.63, 3.8) is 0 Å². The van der Waals surface area contributed by atoms with Crippen molar-refractivity contribution in [2.24, 2.45) is 5.92 Å². The molecule has 0 saturated carbocycles. The number of aliphatic hydroxyl groups is 1. The van der Waals surface area contributed by atoms with Crippen LogP contribution in [0, 0.1) is 12.8 Å². The molecule has 146 valence electrons. The normalized spacial score (nSPS) is 15.8. The molecule has 6 nitrogen and oxygen atoms in total. The summed E-state index contributed by atoms with van der Waals surface area (Å²) in [5.74, 6) is 1.39. The number of rotatable bonds is 8. The zero-order chi connectivity index (χ0) is 19.1. The molecule has 1 aromatic heterocycles. The first kappa shape index (κ1) is 19.6. The van der Waals surface area contributed by atoms with Crippen molar-refractivity contribution >= 4 is 5.91 Å². The number of H-pyrrole nitrogens is 1. The Hall–Kier alpha value is -2.18. The Morgan fingerprint density at radius 1 is 1.30 bits per heavy atom. The Kier molecular flexibility index (Phi) is 7.01. The van der Waals surface area contributed by atoms with Gasteiger partial charge in [-0.05, 0) is 44.3 Å². The second-order valence-corrected chi connectivity index (χ2v) is 7.44. The van der Waals surface area contributed by atoms with E-state index in [0.717, 1.165) is 44.0 Å². The number of nitrogens with zero attached hydrogens (tertiary/aromatic N) is 3. The summed E-state index contributed by atoms with van der Waals surface area (Å²) in [7, 11) is 0. The number of carbonyl (C=O) groups excluding carboxylic acids is 1. The average molecular weight is 370 g/mol. The summed E-state index contributed by atoms with van der Waals surface area (Å²) in [5, 5.41) is 9.32. The van der Waals surface area contributed by atoms with E-state index in [0.29, 0.717) is 25.4 Å². The molecule has 0 aliphatic carbocycles. The summed E-state index contributed by atoms with van der Waals surface area (Å²) in [6.07, 6.45) is 4.42. The molecule has 1 aliphatic heterocycles. The van der Waals surface area contributed by atoms with Crippen LogP contribution < -0.4 is 0 Å². The largest absolute Gasteiger partial charge is 0.395 e. The van der Waals surface area contributed by atoms with Crippen LogP contribution in [0.2, 0.25) is 0 Å². The standard InChI is InChI=1S/C21H30N4O2/c1-17-22-14-20(23-17)16-25(11-12-26)21(27)13-18-7-9-24(10-8-18)15-19-5-3-2-4-6-19/h2-6,14,18,26H,7-13,15-16H2,1H3,(H,22,23). The number of hydrogen-bond acceptors (Lipinski definition) is 4. The lowest BCUT2D eigenvalue weighted by Gasteiger charge is -2.32. The summed E-state index contributed by atoms with van der Waals surface area (Å²) in [4.78, 5) is 24.3. The van der Waals surface area contributed by atoms with Crippen molar-refractivity contribution < 1.29 is 9.90 Å². The smallest absolute Gasteiger partial charge is 0.223 e. The molecule has 1 aliphatic rings. The van der Waals surface area contributed by atoms with Gasteiger partial charge in [0, 0.05) is 19.5 Å². The van der Waals surface area contributed by atoms with Crippen molar-refractivity contribution in [3.05, 3.63) is 53.6 Å². The second kappa shape index (κ2) is 9.67. The van der Waals surface area contributed by atoms with E-state index in [1.54, 1.807) is 11.1 Å². The molecule has 1 fully saturated rings. The van der Waals surface area contributed by atoms with Crippen LogP contribution >= 0.6 is 0 Å². The highest BCUT2D eigenvalue weighted by atomic mass is 16.3. The number of imidazole rings is 1. The second-order valence-electron chi connectivity index (χ2n) is 7.44. The number of piperidine rings is 1. The van der Waals surface area contributed by atoms with Crippen LogP contribution in [0.15, 0.2) is 36.5 Å². The lowest BCUT2D eigenvalue weighted by atomic mass is 9.92. The third-order valence-electron chi connectivity index (χ3n) is 5.26. The summed E-state index contributed by atoms with van der Waals surface area (Å²) in [5.41, 5.74) is 2.25. The maximum atomic E-state index is 12.8. The quantitative estimate of drug-likeness (QED) is 0.748. The van der Waals surface area contributed by atoms with Gasteiger partial charge >= 0.3 is 0 Å². The highest BCUT2D eigenvalue weighted by Crippen LogP contribution is 2.23. The summed E-state index contributed by atoms with van der Waals surface area (Å²) >= 11 is 0. The Bertz CT molecular complexity index is 708. The summed E-state index contributed by atoms with van der Waals surface area (Å²) in [6.45, 7) is 5.77. The fourth-order valence-electron chi connectivity index (χ4n) is 3.74. The van der Waals surface area contributed by atoms with Crippen LogP contribution in [-0.4, -0.2) is 57.0 Å². The molecular weight excluding hydrogens is 340 g/mol. The fraction of sp³-hybridized carbons (Fsp3) is 0.524. The third-order valence-corrected chi connectivity index (χ3v) is 5.26. The number of amides is 1. The van der Waals surface area contributed by atoms with Gasteiger partial charge in [0.05, 0.1) is 25.0 Å². The molecule has 1 saturated heterocycles. The minimum Gasteiger partial charge on any atom is -0.395 e. The Labute approximate surface area is 161 Å². The molecular formula is C21H30N4O2. The first-order valence-corrected chi connectivity index (χ1v) is 9.79. The van der Waals surface area contributed by atoms with Gasteiger partial charge in [-0.25, -0.2) is 4.98 Å². The molecule has 0 radical (unpaired) electrons. The van der Waals surface area contributed by atoms with Gasteiger partial charge in [-0.2, -0.15) is 0 Å². The molecule has 1 aromatic carbocycles. The molecule has 0 atom stereocenters. The fourth-order valence-corrected chi connectivity index (χ4v) is 3.74. The van der Waals surface area contributed by atoms with Crippen molar-refractivity contribution in [2.75, 3.05) is 26.2 Å². The monoisotopic (exact) mass is 370 g/mol. The van der Waals surface area contributed by atoms with Gasteiger partial charge in [-0.1, -0.05) is 30.3 Å². The average Bonchev–Trinajstić information content (AvgIpc) is 3.09. The van der Waals surface area contributed by atoms with Gasteiger partial charge < -0.3 is 15.0 Å². The number of aromatic nitrogens is 2. The summed E-state index contributed by atoms with van der Waals surface area (Å²) in [6, 6.07) is 10.5. The highest BCUT2D eigenvalue weighted by Gasteiger charge is 2.24. The van der Waals surface area contributed by atoms with E-state index in [1.807, 2.05) is 13.0 Å². The maximum absolute atomic E-state index is 12.8. The van der Waals surface area contributed by atoms with E-state index in [2.05, 4.69) is 39.1 Å². The van der Waals surface area contributed by atoms with E-state index in [-0.39, 0.29) is 12.5 Å². The molecule has 0 bridgehead atoms. The molecule has 0 unspecified atom stereocenters. The minimum absolute atomic E-state index is 0.0195. The van der Waals surface area contributed by atoms with Gasteiger partial charge in [0.15, 0.2) is 0 Å². The molecule has 2 aromatic rings. The van der Waals surface area contributed by atoms with Crippen molar-refractivity contribution in [1.29, 1.82) is 0 Å². The Balaban J connectivity index is 1.47. The van der Waals surface area contributed by atoms with Crippen LogP contribution in [-0.2, 0) is 17.9 Å². The molecule has 1 amide bonds. The van der Waals surface area contributed by atoms with Crippen LogP contribution in [0.5, 0.6) is 0 Å². The van der Waals surface area contributed by atoms with Gasteiger partial charge in [-0.15, -0.1) is 0 Å². The van der Waals surface area contributed by atoms with Crippen LogP contribution in [0.3, 0.4) is 0 Å². The van der Waals surface area contributed by atoms with E-state index >= 15 is 0 Å². The Morgan fingerprint density at radius 3 is 2.67 bits per heavy atom. The number of carbonyl (C=O) groups is 1. The first-order chi connectivity index (χ1) is 13.1. The molecule has 0 spiro atoms. The van der Waals surface area contributed by atoms with E-state index in [4.69, 9.17) is 0 Å². The van der Waals surface area contributed by atoms with Crippen LogP contribution in [0.25, 0.3) is 0 Å². The number of aliphatic hydroxyl groups excluding tert-OH is 1. The first-order valence-electron chi connectivity index (χ1n) is 9.79. The zero-order valence-electron chi connectivity index (χ0n) is 16.1. The lowest BCUT2D eigenvalue weighted by Crippen LogP contribution is -2.38. The minimum atomic E-state index is -0.0195. The Morgan fingerprint density at radius 2 is 2.04 bits per heavy atom. The number of benzene rings is 1. The van der Waals surface area contributed by atoms with E-state index < -0.39 is 0 Å². The molecule has 2 heterocycles. The third kappa shape index (κ3) is 5.91. The van der Waals surface area contributed by atoms with E-state index in [9.17, 15) is 9.90 Å². The van der Waals surface area contributed by atoms with Crippen LogP contribution in [0.1, 0.15) is 36.3 Å². The predicted molar refractivity (Wildman–Crippen MR) is 105 cm³/mol. The van der Waals surface area contributed by atoms with Crippen LogP contribution in [0.4, 0.5) is 0 Å². The summed E-state index contributed by atoms with van der Waals surface area (Å²) < 4.78 is 0. The van der Waals surface area contributed by atoms with Crippen molar-refractivity contribution in [2.45, 2.75) is 39.3 Å². The highest BCUT2D eigenvalue weighted by molar-refractivity contribution is 5.76. The molecule has 2 N–H and O–H groups in total. The van der Waals surface area contributed by atoms with Crippen molar-refractivity contribution in [1.82, 2.24) is 19.8 Å². The number of hydrogen-bond donors (Lipinski definition) is 2. The topological polar surface area (TPSA) is 72.5 Å².